The maximum absolute atomic E-state index is 8.58. The van der Waals surface area contributed by atoms with Crippen LogP contribution in [0.25, 0.3) is 54.7 Å². The van der Waals surface area contributed by atoms with Crippen molar-refractivity contribution in [3.05, 3.63) is 114 Å². The van der Waals surface area contributed by atoms with E-state index in [0.717, 1.165) is 59.5 Å². The number of nitrogens with zero attached hydrogens (tertiary/aromatic N) is 3. The van der Waals surface area contributed by atoms with E-state index in [2.05, 4.69) is 27.1 Å². The van der Waals surface area contributed by atoms with Crippen molar-refractivity contribution in [1.82, 2.24) is 15.0 Å². The summed E-state index contributed by atoms with van der Waals surface area (Å²) in [6, 6.07) is 31.9. The summed E-state index contributed by atoms with van der Waals surface area (Å²) in [5, 5.41) is 2.91. The number of pyridine rings is 3. The Morgan fingerprint density at radius 2 is 1.76 bits per heavy atom. The molecule has 0 aliphatic heterocycles. The van der Waals surface area contributed by atoms with Crippen LogP contribution in [0.3, 0.4) is 0 Å². The fraction of sp³-hybridized carbons (Fsp3) is 0.171. The van der Waals surface area contributed by atoms with Crippen LogP contribution in [0.2, 0.25) is 0 Å². The molecule has 41 heavy (non-hydrogen) atoms. The monoisotopic (exact) mass is 734 g/mol. The van der Waals surface area contributed by atoms with Crippen LogP contribution in [-0.4, -0.2) is 15.0 Å². The first-order valence-corrected chi connectivity index (χ1v) is 13.9. The number of furan rings is 1. The molecule has 7 aromatic rings. The molecule has 0 saturated carbocycles. The minimum atomic E-state index is -1.43. The topological polar surface area (TPSA) is 51.8 Å². The molecule has 207 valence electrons. The van der Waals surface area contributed by atoms with Crippen LogP contribution < -0.4 is 0 Å². The second kappa shape index (κ2) is 12.0. The van der Waals surface area contributed by atoms with Gasteiger partial charge in [-0.05, 0) is 54.4 Å². The molecule has 0 aliphatic carbocycles. The first-order chi connectivity index (χ1) is 20.1. The van der Waals surface area contributed by atoms with Crippen LogP contribution in [0.1, 0.15) is 34.1 Å². The average molecular weight is 734 g/mol. The molecule has 7 rings (SSSR count). The molecule has 0 amide bonds. The van der Waals surface area contributed by atoms with Crippen molar-refractivity contribution in [2.75, 3.05) is 0 Å². The molecule has 5 heterocycles. The third-order valence-electron chi connectivity index (χ3n) is 6.24. The summed E-state index contributed by atoms with van der Waals surface area (Å²) in [6.07, 6.45) is 2.17. The number of aromatic nitrogens is 3. The predicted octanol–water partition coefficient (Wildman–Crippen LogP) is 9.50. The normalized spacial score (nSPS) is 12.4. The maximum atomic E-state index is 8.58. The summed E-state index contributed by atoms with van der Waals surface area (Å²) < 4.78 is 24.3. The summed E-state index contributed by atoms with van der Waals surface area (Å²) in [4.78, 5) is 14.1. The van der Waals surface area contributed by atoms with E-state index in [1.807, 2.05) is 107 Å². The van der Waals surface area contributed by atoms with Gasteiger partial charge in [0.1, 0.15) is 0 Å². The molecule has 0 fully saturated rings. The Kier molecular flexibility index (Phi) is 7.70. The van der Waals surface area contributed by atoms with E-state index in [4.69, 9.17) is 7.16 Å². The molecule has 0 atom stereocenters. The SMILES string of the molecule is [2H]C([2H])(c1cc2cnc(-c3[c-]ccc4c3oc3nc(C)ccc34)cc2s1)C(C)(C)C.[Ir].[c-]1ccccc1-c1ccccn1. The van der Waals surface area contributed by atoms with Gasteiger partial charge in [-0.25, -0.2) is 4.98 Å². The number of benzene rings is 2. The number of aryl methyl sites for hydroxylation is 1. The Hall–Kier alpha value is -3.70. The number of hydrogen-bond acceptors (Lipinski definition) is 5. The van der Waals surface area contributed by atoms with Gasteiger partial charge in [0.2, 0.25) is 5.71 Å². The summed E-state index contributed by atoms with van der Waals surface area (Å²) in [7, 11) is 0. The molecule has 0 spiro atoms. The van der Waals surface area contributed by atoms with Crippen LogP contribution in [0, 0.1) is 24.5 Å². The van der Waals surface area contributed by atoms with Crippen molar-refractivity contribution in [3.63, 3.8) is 0 Å². The molecule has 0 saturated heterocycles. The second-order valence-electron chi connectivity index (χ2n) is 10.6. The Morgan fingerprint density at radius 3 is 2.51 bits per heavy atom. The average Bonchev–Trinajstić information content (AvgIpc) is 3.59. The number of hydrogen-bond donors (Lipinski definition) is 0. The van der Waals surface area contributed by atoms with E-state index in [1.54, 1.807) is 12.4 Å². The Balaban J connectivity index is 0.000000238. The van der Waals surface area contributed by atoms with Crippen molar-refractivity contribution in [2.24, 2.45) is 5.41 Å². The van der Waals surface area contributed by atoms with E-state index in [1.165, 1.54) is 11.3 Å². The summed E-state index contributed by atoms with van der Waals surface area (Å²) in [5.41, 5.74) is 5.31. The van der Waals surface area contributed by atoms with Crippen LogP contribution in [-0.2, 0) is 26.5 Å². The van der Waals surface area contributed by atoms with E-state index in [0.29, 0.717) is 5.71 Å². The molecular weight excluding hydrogens is 703 g/mol. The van der Waals surface area contributed by atoms with Gasteiger partial charge in [0, 0.05) is 61.3 Å². The van der Waals surface area contributed by atoms with Crippen molar-refractivity contribution in [2.45, 2.75) is 34.1 Å². The third-order valence-corrected chi connectivity index (χ3v) is 7.26. The molecule has 4 nitrogen and oxygen atoms in total. The van der Waals surface area contributed by atoms with Crippen molar-refractivity contribution in [3.8, 4) is 22.5 Å². The van der Waals surface area contributed by atoms with Crippen molar-refractivity contribution < 1.29 is 27.3 Å². The Morgan fingerprint density at radius 1 is 0.902 bits per heavy atom. The summed E-state index contributed by atoms with van der Waals surface area (Å²) in [6.45, 7) is 7.72. The van der Waals surface area contributed by atoms with Crippen LogP contribution in [0.5, 0.6) is 0 Å². The Bertz CT molecular complexity index is 1980. The van der Waals surface area contributed by atoms with Gasteiger partial charge in [-0.1, -0.05) is 49.9 Å². The molecule has 0 N–H and O–H groups in total. The van der Waals surface area contributed by atoms with Crippen LogP contribution in [0.15, 0.2) is 95.7 Å². The number of fused-ring (bicyclic) bond motifs is 4. The first kappa shape index (κ1) is 26.2. The van der Waals surface area contributed by atoms with Gasteiger partial charge in [-0.3, -0.25) is 0 Å². The second-order valence-corrected chi connectivity index (χ2v) is 11.7. The van der Waals surface area contributed by atoms with Gasteiger partial charge in [-0.2, -0.15) is 0 Å². The molecule has 0 bridgehead atoms. The molecule has 5 aromatic heterocycles. The van der Waals surface area contributed by atoms with Gasteiger partial charge < -0.3 is 14.4 Å². The number of thiophene rings is 1. The fourth-order valence-corrected chi connectivity index (χ4v) is 5.66. The fourth-order valence-electron chi connectivity index (χ4n) is 4.48. The van der Waals surface area contributed by atoms with Gasteiger partial charge >= 0.3 is 0 Å². The van der Waals surface area contributed by atoms with Gasteiger partial charge in [0.05, 0.1) is 5.58 Å². The first-order valence-electron chi connectivity index (χ1n) is 14.1. The van der Waals surface area contributed by atoms with E-state index in [-0.39, 0.29) is 20.1 Å². The summed E-state index contributed by atoms with van der Waals surface area (Å²) in [5.74, 6) is 0. The van der Waals surface area contributed by atoms with Crippen molar-refractivity contribution >= 4 is 43.5 Å². The summed E-state index contributed by atoms with van der Waals surface area (Å²) >= 11 is 1.48. The molecular formula is C35H29IrN3OS-2. The van der Waals surface area contributed by atoms with E-state index < -0.39 is 11.8 Å². The van der Waals surface area contributed by atoms with Gasteiger partial charge in [-0.15, -0.1) is 65.4 Å². The molecule has 0 aliphatic rings. The molecule has 0 unspecified atom stereocenters. The molecule has 1 radical (unpaired) electrons. The zero-order valence-corrected chi connectivity index (χ0v) is 26.4. The van der Waals surface area contributed by atoms with Crippen LogP contribution >= 0.6 is 11.3 Å². The molecule has 6 heteroatoms. The third kappa shape index (κ3) is 6.46. The zero-order valence-electron chi connectivity index (χ0n) is 25.2. The Labute approximate surface area is 260 Å². The van der Waals surface area contributed by atoms with E-state index in [9.17, 15) is 0 Å². The minimum absolute atomic E-state index is 0. The van der Waals surface area contributed by atoms with Gasteiger partial charge in [0.25, 0.3) is 0 Å². The smallest absolute Gasteiger partial charge is 0.216 e. The molecule has 2 aromatic carbocycles. The van der Waals surface area contributed by atoms with Crippen LogP contribution in [0.4, 0.5) is 0 Å². The zero-order chi connectivity index (χ0) is 29.5. The predicted molar refractivity (Wildman–Crippen MR) is 165 cm³/mol. The van der Waals surface area contributed by atoms with Crippen molar-refractivity contribution in [1.29, 1.82) is 0 Å². The van der Waals surface area contributed by atoms with Gasteiger partial charge in [0.15, 0.2) is 0 Å². The number of rotatable bonds is 3. The quantitative estimate of drug-likeness (QED) is 0.170. The largest absolute Gasteiger partial charge is 0.486 e. The minimum Gasteiger partial charge on any atom is -0.486 e. The standard InChI is InChI=1S/C24H21N2OS.C11H8N.Ir/c1-14-8-9-18-17-6-5-7-19(22(17)27-23(18)26-14)20-11-21-15(13-25-20)10-16(28-21)12-24(2,3)4;1-2-6-10(7-3-1)11-8-4-5-9-12-11;/h5-6,8-11,13H,12H2,1-4H3;1-6,8-9H;/q2*-1;/i12D2;;. The van der Waals surface area contributed by atoms with E-state index >= 15 is 0 Å². The maximum Gasteiger partial charge on any atom is 0.216 e.